The van der Waals surface area contributed by atoms with Crippen molar-refractivity contribution in [3.8, 4) is 0 Å². The van der Waals surface area contributed by atoms with Crippen molar-refractivity contribution in [1.82, 2.24) is 5.32 Å². The third-order valence-electron chi connectivity index (χ3n) is 4.00. The number of nitrogens with one attached hydrogen (secondary N) is 1. The summed E-state index contributed by atoms with van der Waals surface area (Å²) < 4.78 is 37.4. The minimum Gasteiger partial charge on any atom is -0.368 e. The van der Waals surface area contributed by atoms with Gasteiger partial charge >= 0.3 is 6.18 Å². The maximum absolute atomic E-state index is 12.5. The Hall–Kier alpha value is -0.780. The van der Waals surface area contributed by atoms with Crippen LogP contribution >= 0.6 is 0 Å². The molecule has 1 aliphatic rings. The molecule has 0 radical (unpaired) electrons. The summed E-state index contributed by atoms with van der Waals surface area (Å²) in [6.07, 6.45) is -1.61. The summed E-state index contributed by atoms with van der Waals surface area (Å²) in [4.78, 5) is 11.8. The summed E-state index contributed by atoms with van der Waals surface area (Å²) >= 11 is 0. The number of carbonyl (C=O) groups excluding carboxylic acids is 1. The van der Waals surface area contributed by atoms with E-state index in [1.54, 1.807) is 0 Å². The first-order valence-corrected chi connectivity index (χ1v) is 6.61. The fraction of sp³-hybridized carbons (Fsp3) is 0.923. The normalized spacial score (nSPS) is 29.3. The van der Waals surface area contributed by atoms with Crippen LogP contribution in [0.4, 0.5) is 13.2 Å². The Morgan fingerprint density at radius 2 is 1.89 bits per heavy atom. The second-order valence-electron chi connectivity index (χ2n) is 6.47. The molecule has 112 valence electrons. The molecule has 0 bridgehead atoms. The molecule has 0 aliphatic heterocycles. The minimum atomic E-state index is -4.34. The Balaban J connectivity index is 3.03. The van der Waals surface area contributed by atoms with Gasteiger partial charge in [-0.1, -0.05) is 33.6 Å². The van der Waals surface area contributed by atoms with Gasteiger partial charge in [-0.3, -0.25) is 10.1 Å². The molecule has 0 spiro atoms. The van der Waals surface area contributed by atoms with Gasteiger partial charge in [0.1, 0.15) is 5.54 Å². The van der Waals surface area contributed by atoms with Crippen molar-refractivity contribution < 1.29 is 18.0 Å². The van der Waals surface area contributed by atoms with Crippen molar-refractivity contribution >= 4 is 5.91 Å². The highest BCUT2D eigenvalue weighted by Crippen LogP contribution is 2.44. The summed E-state index contributed by atoms with van der Waals surface area (Å²) in [6, 6.07) is 0. The highest BCUT2D eigenvalue weighted by atomic mass is 19.4. The van der Waals surface area contributed by atoms with E-state index in [9.17, 15) is 18.0 Å². The summed E-state index contributed by atoms with van der Waals surface area (Å²) in [7, 11) is 0. The standard InChI is InChI=1S/C13H23F3N2O/c1-11(2,3)9-6-4-5-7-12(9,10(17)19)18-8-13(14,15)16/h9,18H,4-8H2,1-3H3,(H2,17,19). The summed E-state index contributed by atoms with van der Waals surface area (Å²) in [6.45, 7) is 4.64. The van der Waals surface area contributed by atoms with Crippen LogP contribution in [0.2, 0.25) is 0 Å². The van der Waals surface area contributed by atoms with Crippen LogP contribution in [-0.4, -0.2) is 24.2 Å². The highest BCUT2D eigenvalue weighted by molar-refractivity contribution is 5.85. The van der Waals surface area contributed by atoms with Crippen LogP contribution in [-0.2, 0) is 4.79 Å². The molecule has 1 fully saturated rings. The molecule has 0 aromatic rings. The van der Waals surface area contributed by atoms with E-state index in [-0.39, 0.29) is 11.3 Å². The second kappa shape index (κ2) is 5.31. The molecule has 1 rings (SSSR count). The first-order chi connectivity index (χ1) is 8.49. The van der Waals surface area contributed by atoms with Crippen LogP contribution in [0.15, 0.2) is 0 Å². The Morgan fingerprint density at radius 3 is 2.32 bits per heavy atom. The van der Waals surface area contributed by atoms with Gasteiger partial charge in [0, 0.05) is 0 Å². The summed E-state index contributed by atoms with van der Waals surface area (Å²) in [5, 5.41) is 2.43. The zero-order chi connectivity index (χ0) is 14.9. The van der Waals surface area contributed by atoms with Crippen molar-refractivity contribution in [2.75, 3.05) is 6.54 Å². The Labute approximate surface area is 112 Å². The quantitative estimate of drug-likeness (QED) is 0.835. The molecule has 6 heteroatoms. The highest BCUT2D eigenvalue weighted by Gasteiger charge is 2.51. The van der Waals surface area contributed by atoms with Crippen molar-refractivity contribution in [3.05, 3.63) is 0 Å². The average molecular weight is 280 g/mol. The lowest BCUT2D eigenvalue weighted by Crippen LogP contribution is -2.65. The van der Waals surface area contributed by atoms with E-state index in [1.165, 1.54) is 0 Å². The van der Waals surface area contributed by atoms with E-state index in [4.69, 9.17) is 5.73 Å². The molecule has 1 saturated carbocycles. The molecule has 1 amide bonds. The van der Waals surface area contributed by atoms with Gasteiger partial charge in [-0.25, -0.2) is 0 Å². The minimum absolute atomic E-state index is 0.186. The van der Waals surface area contributed by atoms with Crippen LogP contribution in [0.5, 0.6) is 0 Å². The fourth-order valence-corrected chi connectivity index (χ4v) is 3.20. The Morgan fingerprint density at radius 1 is 1.32 bits per heavy atom. The molecular weight excluding hydrogens is 257 g/mol. The van der Waals surface area contributed by atoms with Gasteiger partial charge < -0.3 is 5.73 Å². The maximum atomic E-state index is 12.5. The second-order valence-corrected chi connectivity index (χ2v) is 6.47. The van der Waals surface area contributed by atoms with E-state index in [1.807, 2.05) is 20.8 Å². The van der Waals surface area contributed by atoms with Crippen molar-refractivity contribution in [1.29, 1.82) is 0 Å². The van der Waals surface area contributed by atoms with Crippen LogP contribution < -0.4 is 11.1 Å². The van der Waals surface area contributed by atoms with Crippen molar-refractivity contribution in [2.24, 2.45) is 17.1 Å². The van der Waals surface area contributed by atoms with Crippen LogP contribution in [0, 0.1) is 11.3 Å². The average Bonchev–Trinajstić information content (AvgIpc) is 2.24. The zero-order valence-electron chi connectivity index (χ0n) is 11.7. The number of hydrogen-bond acceptors (Lipinski definition) is 2. The van der Waals surface area contributed by atoms with Crippen molar-refractivity contribution in [3.63, 3.8) is 0 Å². The lowest BCUT2D eigenvalue weighted by Gasteiger charge is -2.48. The number of nitrogens with two attached hydrogens (primary N) is 1. The molecule has 3 N–H and O–H groups in total. The van der Waals surface area contributed by atoms with Gasteiger partial charge in [0.2, 0.25) is 5.91 Å². The number of carbonyl (C=O) groups is 1. The number of alkyl halides is 3. The van der Waals surface area contributed by atoms with Gasteiger partial charge in [-0.05, 0) is 24.2 Å². The number of amides is 1. The topological polar surface area (TPSA) is 55.1 Å². The lowest BCUT2D eigenvalue weighted by molar-refractivity contribution is -0.144. The monoisotopic (exact) mass is 280 g/mol. The van der Waals surface area contributed by atoms with Gasteiger partial charge in [-0.2, -0.15) is 13.2 Å². The number of halogens is 3. The molecule has 3 nitrogen and oxygen atoms in total. The largest absolute Gasteiger partial charge is 0.401 e. The van der Waals surface area contributed by atoms with Gasteiger partial charge in [-0.15, -0.1) is 0 Å². The number of rotatable bonds is 3. The van der Waals surface area contributed by atoms with Crippen LogP contribution in [0.1, 0.15) is 46.5 Å². The van der Waals surface area contributed by atoms with Gasteiger partial charge in [0.15, 0.2) is 0 Å². The first-order valence-electron chi connectivity index (χ1n) is 6.61. The molecular formula is C13H23F3N2O. The first kappa shape index (κ1) is 16.3. The predicted octanol–water partition coefficient (Wildman–Crippen LogP) is 2.60. The molecule has 2 unspecified atom stereocenters. The van der Waals surface area contributed by atoms with E-state index in [0.29, 0.717) is 6.42 Å². The van der Waals surface area contributed by atoms with E-state index in [0.717, 1.165) is 19.3 Å². The molecule has 1 aliphatic carbocycles. The third kappa shape index (κ3) is 3.84. The SMILES string of the molecule is CC(C)(C)C1CCCCC1(NCC(F)(F)F)C(N)=O. The molecule has 0 aromatic heterocycles. The van der Waals surface area contributed by atoms with Crippen LogP contribution in [0.3, 0.4) is 0 Å². The van der Waals surface area contributed by atoms with Crippen LogP contribution in [0.25, 0.3) is 0 Å². The third-order valence-corrected chi connectivity index (χ3v) is 4.00. The van der Waals surface area contributed by atoms with Gasteiger partial charge in [0.05, 0.1) is 6.54 Å². The number of hydrogen-bond donors (Lipinski definition) is 2. The zero-order valence-corrected chi connectivity index (χ0v) is 11.7. The van der Waals surface area contributed by atoms with E-state index < -0.39 is 24.2 Å². The molecule has 2 atom stereocenters. The van der Waals surface area contributed by atoms with Crippen molar-refractivity contribution in [2.45, 2.75) is 58.2 Å². The predicted molar refractivity (Wildman–Crippen MR) is 67.4 cm³/mol. The number of primary amides is 1. The fourth-order valence-electron chi connectivity index (χ4n) is 3.20. The summed E-state index contributed by atoms with van der Waals surface area (Å²) in [5.41, 5.74) is 3.94. The van der Waals surface area contributed by atoms with E-state index >= 15 is 0 Å². The Bertz CT molecular complexity index is 336. The molecule has 0 heterocycles. The molecule has 19 heavy (non-hydrogen) atoms. The molecule has 0 aromatic carbocycles. The maximum Gasteiger partial charge on any atom is 0.401 e. The molecule has 0 saturated heterocycles. The summed E-state index contributed by atoms with van der Waals surface area (Å²) in [5.74, 6) is -0.857. The van der Waals surface area contributed by atoms with Gasteiger partial charge in [0.25, 0.3) is 0 Å². The Kier molecular flexibility index (Phi) is 4.55. The lowest BCUT2D eigenvalue weighted by atomic mass is 9.61. The van der Waals surface area contributed by atoms with E-state index in [2.05, 4.69) is 5.32 Å². The smallest absolute Gasteiger partial charge is 0.368 e.